The first kappa shape index (κ1) is 15.2. The quantitative estimate of drug-likeness (QED) is 0.333. The van der Waals surface area contributed by atoms with Crippen LogP contribution in [0.4, 0.5) is 5.69 Å². The first-order valence-electron chi connectivity index (χ1n) is 6.39. The maximum Gasteiger partial charge on any atom is 0.337 e. The lowest BCUT2D eigenvalue weighted by molar-refractivity contribution is -0.684. The molecule has 22 heavy (non-hydrogen) atoms. The fourth-order valence-electron chi connectivity index (χ4n) is 1.92. The number of anilines is 1. The van der Waals surface area contributed by atoms with Crippen LogP contribution in [0.5, 0.6) is 0 Å². The molecule has 7 nitrogen and oxygen atoms in total. The first-order chi connectivity index (χ1) is 10.6. The molecule has 0 spiro atoms. The Morgan fingerprint density at radius 2 is 2.00 bits per heavy atom. The number of hydrogen-bond acceptors (Lipinski definition) is 4. The second-order valence-corrected chi connectivity index (χ2v) is 4.45. The van der Waals surface area contributed by atoms with Crippen LogP contribution in [0.2, 0.25) is 0 Å². The molecule has 0 bridgehead atoms. The smallest absolute Gasteiger partial charge is 0.337 e. The molecule has 112 valence electrons. The number of pyridine rings is 1. The molecule has 0 saturated carbocycles. The minimum Gasteiger partial charge on any atom is -0.478 e. The number of aromatic carboxylic acids is 1. The summed E-state index contributed by atoms with van der Waals surface area (Å²) in [4.78, 5) is 23.1. The number of carbonyl (C=O) groups excluding carboxylic acids is 1. The zero-order valence-corrected chi connectivity index (χ0v) is 11.5. The topological polar surface area (TPSA) is 103 Å². The second kappa shape index (κ2) is 6.98. The average molecular weight is 300 g/mol. The molecule has 0 fully saturated rings. The number of aromatic nitrogens is 1. The number of carboxylic acid groups (broad SMARTS) is 1. The maximum atomic E-state index is 12.0. The number of nitrogens with one attached hydrogen (secondary N) is 1. The summed E-state index contributed by atoms with van der Waals surface area (Å²) in [6.45, 7) is 0.00105. The number of amides is 1. The number of rotatable bonds is 5. The number of benzene rings is 1. The van der Waals surface area contributed by atoms with Crippen molar-refractivity contribution in [3.8, 4) is 0 Å². The van der Waals surface area contributed by atoms with Gasteiger partial charge in [0.05, 0.1) is 23.0 Å². The lowest BCUT2D eigenvalue weighted by atomic mass is 10.2. The summed E-state index contributed by atoms with van der Waals surface area (Å²) < 4.78 is 1.59. The Bertz CT molecular complexity index is 728. The van der Waals surface area contributed by atoms with Gasteiger partial charge in [0.1, 0.15) is 0 Å². The molecule has 7 heteroatoms. The summed E-state index contributed by atoms with van der Waals surface area (Å²) in [5.74, 6) is -1.47. The Morgan fingerprint density at radius 3 is 2.73 bits per heavy atom. The second-order valence-electron chi connectivity index (χ2n) is 4.45. The zero-order chi connectivity index (χ0) is 15.9. The molecule has 0 atom stereocenters. The Balaban J connectivity index is 2.11. The number of nitrogens with zero attached hydrogens (tertiary/aromatic N) is 2. The van der Waals surface area contributed by atoms with Crippen LogP contribution < -0.4 is 9.88 Å². The van der Waals surface area contributed by atoms with E-state index in [1.54, 1.807) is 41.2 Å². The van der Waals surface area contributed by atoms with Crippen molar-refractivity contribution < 1.29 is 24.5 Å². The van der Waals surface area contributed by atoms with Gasteiger partial charge in [-0.2, -0.15) is 4.57 Å². The van der Waals surface area contributed by atoms with Crippen LogP contribution in [0.3, 0.4) is 0 Å². The third-order valence-corrected chi connectivity index (χ3v) is 2.85. The van der Waals surface area contributed by atoms with Crippen LogP contribution >= 0.6 is 0 Å². The molecule has 0 aliphatic heterocycles. The van der Waals surface area contributed by atoms with E-state index in [4.69, 9.17) is 10.3 Å². The zero-order valence-electron chi connectivity index (χ0n) is 11.5. The van der Waals surface area contributed by atoms with Gasteiger partial charge in [0.25, 0.3) is 5.91 Å². The Hall–Kier alpha value is -3.22. The van der Waals surface area contributed by atoms with Gasteiger partial charge in [-0.1, -0.05) is 17.3 Å². The van der Waals surface area contributed by atoms with Gasteiger partial charge >= 0.3 is 5.97 Å². The van der Waals surface area contributed by atoms with Gasteiger partial charge in [-0.25, -0.2) is 4.79 Å². The molecule has 0 radical (unpaired) electrons. The Morgan fingerprint density at radius 1 is 1.23 bits per heavy atom. The summed E-state index contributed by atoms with van der Waals surface area (Å²) in [6, 6.07) is 9.60. The van der Waals surface area contributed by atoms with Gasteiger partial charge in [0.2, 0.25) is 6.54 Å². The third kappa shape index (κ3) is 3.89. The monoisotopic (exact) mass is 300 g/mol. The van der Waals surface area contributed by atoms with Crippen molar-refractivity contribution in [3.63, 3.8) is 0 Å². The summed E-state index contributed by atoms with van der Waals surface area (Å²) in [7, 11) is 0. The van der Waals surface area contributed by atoms with Crippen molar-refractivity contribution in [2.24, 2.45) is 5.16 Å². The van der Waals surface area contributed by atoms with Crippen LogP contribution in [0.15, 0.2) is 53.9 Å². The van der Waals surface area contributed by atoms with Gasteiger partial charge < -0.3 is 15.6 Å². The highest BCUT2D eigenvalue weighted by Crippen LogP contribution is 2.14. The number of oxime groups is 1. The first-order valence-corrected chi connectivity index (χ1v) is 6.39. The number of carbonyl (C=O) groups is 2. The van der Waals surface area contributed by atoms with E-state index < -0.39 is 5.97 Å². The molecule has 3 N–H and O–H groups in total. The minimum atomic E-state index is -1.11. The number of hydrogen-bond donors (Lipinski definition) is 3. The van der Waals surface area contributed by atoms with Crippen molar-refractivity contribution >= 4 is 23.8 Å². The highest BCUT2D eigenvalue weighted by Gasteiger charge is 2.14. The molecule has 0 aliphatic carbocycles. The third-order valence-electron chi connectivity index (χ3n) is 2.85. The van der Waals surface area contributed by atoms with E-state index in [1.165, 1.54) is 18.3 Å². The van der Waals surface area contributed by atoms with E-state index in [0.717, 1.165) is 0 Å². The van der Waals surface area contributed by atoms with E-state index in [2.05, 4.69) is 10.5 Å². The van der Waals surface area contributed by atoms with Crippen molar-refractivity contribution in [2.45, 2.75) is 6.54 Å². The SMILES string of the molecule is O=C(C[n+]1cccc(/C=N\O)c1)Nc1ccccc1C(=O)O. The summed E-state index contributed by atoms with van der Waals surface area (Å²) in [5.41, 5.74) is 0.902. The lowest BCUT2D eigenvalue weighted by Gasteiger charge is -2.06. The van der Waals surface area contributed by atoms with E-state index in [0.29, 0.717) is 5.56 Å². The van der Waals surface area contributed by atoms with Crippen molar-refractivity contribution in [1.29, 1.82) is 0 Å². The lowest BCUT2D eigenvalue weighted by Crippen LogP contribution is -2.40. The highest BCUT2D eigenvalue weighted by atomic mass is 16.4. The fourth-order valence-corrected chi connectivity index (χ4v) is 1.92. The van der Waals surface area contributed by atoms with Gasteiger partial charge in [-0.05, 0) is 18.2 Å². The largest absolute Gasteiger partial charge is 0.478 e. The molecule has 1 heterocycles. The predicted molar refractivity (Wildman–Crippen MR) is 78.0 cm³/mol. The molecule has 2 aromatic rings. The molecule has 1 aromatic heterocycles. The van der Waals surface area contributed by atoms with E-state index in [9.17, 15) is 9.59 Å². The Labute approximate surface area is 126 Å². The van der Waals surface area contributed by atoms with Crippen LogP contribution in [0.1, 0.15) is 15.9 Å². The van der Waals surface area contributed by atoms with Crippen molar-refractivity contribution in [2.75, 3.05) is 5.32 Å². The Kier molecular flexibility index (Phi) is 4.81. The highest BCUT2D eigenvalue weighted by molar-refractivity contribution is 6.00. The van der Waals surface area contributed by atoms with Crippen LogP contribution in [-0.2, 0) is 11.3 Å². The average Bonchev–Trinajstić information content (AvgIpc) is 2.48. The maximum absolute atomic E-state index is 12.0. The van der Waals surface area contributed by atoms with Crippen LogP contribution in [-0.4, -0.2) is 28.4 Å². The van der Waals surface area contributed by atoms with Crippen molar-refractivity contribution in [3.05, 3.63) is 59.9 Å². The molecule has 0 saturated heterocycles. The van der Waals surface area contributed by atoms with E-state index in [-0.39, 0.29) is 23.7 Å². The summed E-state index contributed by atoms with van der Waals surface area (Å²) in [6.07, 6.45) is 4.55. The standard InChI is InChI=1S/C15H13N3O4/c19-14(10-18-7-3-4-11(9-18)8-16-22)17-13-6-2-1-5-12(13)15(20)21/h1-9H,10H2,(H2-,17,19,20,21,22)/p+1/b16-8-. The molecule has 0 aliphatic rings. The number of para-hydroxylation sites is 1. The summed E-state index contributed by atoms with van der Waals surface area (Å²) in [5, 5.41) is 23.1. The van der Waals surface area contributed by atoms with Gasteiger partial charge in [-0.15, -0.1) is 0 Å². The summed E-state index contributed by atoms with van der Waals surface area (Å²) >= 11 is 0. The van der Waals surface area contributed by atoms with Crippen molar-refractivity contribution in [1.82, 2.24) is 0 Å². The van der Waals surface area contributed by atoms with E-state index >= 15 is 0 Å². The normalized spacial score (nSPS) is 10.5. The van der Waals surface area contributed by atoms with Gasteiger partial charge in [0.15, 0.2) is 12.4 Å². The van der Waals surface area contributed by atoms with Crippen LogP contribution in [0, 0.1) is 0 Å². The molecule has 1 aromatic carbocycles. The molecule has 2 rings (SSSR count). The van der Waals surface area contributed by atoms with E-state index in [1.807, 2.05) is 0 Å². The fraction of sp³-hybridized carbons (Fsp3) is 0.0667. The molecular weight excluding hydrogens is 286 g/mol. The molecule has 1 amide bonds. The van der Waals surface area contributed by atoms with Crippen LogP contribution in [0.25, 0.3) is 0 Å². The van der Waals surface area contributed by atoms with Gasteiger partial charge in [-0.3, -0.25) is 4.79 Å². The predicted octanol–water partition coefficient (Wildman–Crippen LogP) is 1.12. The molecular formula is C15H14N3O4+. The minimum absolute atomic E-state index is 0.00105. The number of carboxylic acids is 1. The molecule has 0 unspecified atom stereocenters. The van der Waals surface area contributed by atoms with Gasteiger partial charge in [0, 0.05) is 6.07 Å².